The number of nitrogen functional groups attached to an aromatic ring is 1. The fraction of sp³-hybridized carbons (Fsp3) is 0.286. The Kier molecular flexibility index (Phi) is 5.46. The minimum absolute atomic E-state index is 0.0474. The molecule has 3 aromatic rings. The van der Waals surface area contributed by atoms with E-state index < -0.39 is 0 Å². The average Bonchev–Trinajstić information content (AvgIpc) is 3.23. The average molecular weight is 444 g/mol. The van der Waals surface area contributed by atoms with Gasteiger partial charge in [-0.05, 0) is 18.6 Å². The van der Waals surface area contributed by atoms with Crippen LogP contribution in [0.4, 0.5) is 11.6 Å². The number of rotatable bonds is 4. The van der Waals surface area contributed by atoms with Crippen LogP contribution in [0.25, 0.3) is 22.0 Å². The lowest BCUT2D eigenvalue weighted by Crippen LogP contribution is -2.21. The van der Waals surface area contributed by atoms with E-state index in [4.69, 9.17) is 43.4 Å². The number of benzene rings is 1. The maximum atomic E-state index is 9.32. The third-order valence-electron chi connectivity index (χ3n) is 5.22. The van der Waals surface area contributed by atoms with E-state index in [9.17, 15) is 5.26 Å². The van der Waals surface area contributed by atoms with Crippen molar-refractivity contribution in [1.82, 2.24) is 9.97 Å². The summed E-state index contributed by atoms with van der Waals surface area (Å²) in [4.78, 5) is 11.2. The number of fused-ring (bicyclic) bond motifs is 1. The zero-order valence-electron chi connectivity index (χ0n) is 16.4. The van der Waals surface area contributed by atoms with Gasteiger partial charge in [0.1, 0.15) is 23.1 Å². The second-order valence-electron chi connectivity index (χ2n) is 7.01. The number of anilines is 2. The molecule has 1 atom stereocenters. The number of pyridine rings is 2. The van der Waals surface area contributed by atoms with Gasteiger partial charge in [0, 0.05) is 41.7 Å². The van der Waals surface area contributed by atoms with Crippen molar-refractivity contribution in [2.45, 2.75) is 6.42 Å². The number of nitriles is 1. The summed E-state index contributed by atoms with van der Waals surface area (Å²) in [5.41, 5.74) is 6.99. The van der Waals surface area contributed by atoms with Gasteiger partial charge in [-0.2, -0.15) is 5.26 Å². The van der Waals surface area contributed by atoms with Crippen LogP contribution < -0.4 is 20.1 Å². The van der Waals surface area contributed by atoms with Crippen molar-refractivity contribution in [2.24, 2.45) is 5.92 Å². The molecule has 1 unspecified atom stereocenters. The molecule has 1 fully saturated rings. The van der Waals surface area contributed by atoms with Crippen LogP contribution in [0.2, 0.25) is 10.0 Å². The van der Waals surface area contributed by atoms with E-state index in [1.807, 2.05) is 6.07 Å². The lowest BCUT2D eigenvalue weighted by atomic mass is 10.1. The number of hydrogen-bond acceptors (Lipinski definition) is 7. The number of nitrogens with zero attached hydrogens (tertiary/aromatic N) is 4. The fourth-order valence-corrected chi connectivity index (χ4v) is 4.38. The van der Waals surface area contributed by atoms with Gasteiger partial charge in [0.15, 0.2) is 0 Å². The third-order valence-corrected chi connectivity index (χ3v) is 5.97. The Morgan fingerprint density at radius 2 is 1.87 bits per heavy atom. The van der Waals surface area contributed by atoms with E-state index in [-0.39, 0.29) is 5.92 Å². The van der Waals surface area contributed by atoms with Crippen molar-refractivity contribution >= 4 is 45.6 Å². The van der Waals surface area contributed by atoms with E-state index in [0.29, 0.717) is 51.0 Å². The summed E-state index contributed by atoms with van der Waals surface area (Å²) in [6, 6.07) is 7.62. The van der Waals surface area contributed by atoms with Gasteiger partial charge in [-0.1, -0.05) is 23.2 Å². The summed E-state index contributed by atoms with van der Waals surface area (Å²) in [5, 5.41) is 11.7. The lowest BCUT2D eigenvalue weighted by Gasteiger charge is -2.21. The Hall–Kier alpha value is -2.95. The van der Waals surface area contributed by atoms with Crippen molar-refractivity contribution < 1.29 is 9.47 Å². The van der Waals surface area contributed by atoms with Gasteiger partial charge >= 0.3 is 0 Å². The Bertz CT molecular complexity index is 1150. The van der Waals surface area contributed by atoms with Crippen molar-refractivity contribution in [2.75, 3.05) is 37.9 Å². The molecule has 1 aliphatic rings. The number of hydrogen-bond donors (Lipinski definition) is 1. The van der Waals surface area contributed by atoms with Crippen LogP contribution in [0.3, 0.4) is 0 Å². The topological polar surface area (TPSA) is 97.3 Å². The van der Waals surface area contributed by atoms with Crippen LogP contribution in [-0.4, -0.2) is 37.3 Å². The molecule has 1 aromatic carbocycles. The maximum Gasteiger partial charge on any atom is 0.141 e. The SMILES string of the molecule is COc1cc(OC)c(Cl)c(-c2cc3cnc(N)cc3c(N3CCC(C#N)C3)n2)c1Cl. The van der Waals surface area contributed by atoms with Gasteiger partial charge in [0.2, 0.25) is 0 Å². The maximum absolute atomic E-state index is 9.32. The molecule has 0 radical (unpaired) electrons. The molecule has 7 nitrogen and oxygen atoms in total. The summed E-state index contributed by atoms with van der Waals surface area (Å²) < 4.78 is 10.8. The highest BCUT2D eigenvalue weighted by molar-refractivity contribution is 6.41. The number of ether oxygens (including phenoxy) is 2. The second-order valence-corrected chi connectivity index (χ2v) is 7.76. The molecule has 0 saturated carbocycles. The Balaban J connectivity index is 1.98. The summed E-state index contributed by atoms with van der Waals surface area (Å²) >= 11 is 13.2. The number of aromatic nitrogens is 2. The first kappa shape index (κ1) is 20.3. The van der Waals surface area contributed by atoms with Gasteiger partial charge in [-0.15, -0.1) is 0 Å². The Labute approximate surface area is 183 Å². The minimum Gasteiger partial charge on any atom is -0.495 e. The summed E-state index contributed by atoms with van der Waals surface area (Å²) in [5.74, 6) is 1.92. The van der Waals surface area contributed by atoms with E-state index in [2.05, 4.69) is 16.0 Å². The van der Waals surface area contributed by atoms with Gasteiger partial charge in [-0.3, -0.25) is 0 Å². The molecule has 0 amide bonds. The normalized spacial score (nSPS) is 16.0. The zero-order chi connectivity index (χ0) is 21.4. The van der Waals surface area contributed by atoms with Crippen molar-refractivity contribution in [3.63, 3.8) is 0 Å². The molecular formula is C21H19Cl2N5O2. The summed E-state index contributed by atoms with van der Waals surface area (Å²) in [7, 11) is 3.05. The Morgan fingerprint density at radius 3 is 2.47 bits per heavy atom. The van der Waals surface area contributed by atoms with Gasteiger partial charge < -0.3 is 20.1 Å². The van der Waals surface area contributed by atoms with Crippen molar-refractivity contribution in [3.05, 3.63) is 34.4 Å². The van der Waals surface area contributed by atoms with Crippen LogP contribution in [0, 0.1) is 17.2 Å². The third kappa shape index (κ3) is 3.42. The predicted molar refractivity (Wildman–Crippen MR) is 118 cm³/mol. The number of methoxy groups -OCH3 is 2. The van der Waals surface area contributed by atoms with Crippen LogP contribution in [-0.2, 0) is 0 Å². The molecule has 9 heteroatoms. The molecule has 30 heavy (non-hydrogen) atoms. The molecular weight excluding hydrogens is 425 g/mol. The number of halogens is 2. The van der Waals surface area contributed by atoms with Crippen molar-refractivity contribution in [3.8, 4) is 28.8 Å². The molecule has 2 N–H and O–H groups in total. The van der Waals surface area contributed by atoms with E-state index in [0.717, 1.165) is 23.7 Å². The lowest BCUT2D eigenvalue weighted by molar-refractivity contribution is 0.395. The molecule has 3 heterocycles. The molecule has 1 saturated heterocycles. The first-order chi connectivity index (χ1) is 14.5. The van der Waals surface area contributed by atoms with Gasteiger partial charge in [0.05, 0.1) is 41.9 Å². The molecule has 0 aliphatic carbocycles. The molecule has 2 aromatic heterocycles. The van der Waals surface area contributed by atoms with E-state index in [1.165, 1.54) is 14.2 Å². The zero-order valence-corrected chi connectivity index (χ0v) is 18.0. The minimum atomic E-state index is -0.0474. The van der Waals surface area contributed by atoms with Crippen LogP contribution >= 0.6 is 23.2 Å². The highest BCUT2D eigenvalue weighted by Gasteiger charge is 2.27. The molecule has 4 rings (SSSR count). The fourth-order valence-electron chi connectivity index (χ4n) is 3.68. The second kappa shape index (κ2) is 8.05. The van der Waals surface area contributed by atoms with E-state index in [1.54, 1.807) is 18.3 Å². The quantitative estimate of drug-likeness (QED) is 0.630. The summed E-state index contributed by atoms with van der Waals surface area (Å²) in [6.07, 6.45) is 2.47. The van der Waals surface area contributed by atoms with Crippen LogP contribution in [0.1, 0.15) is 6.42 Å². The monoisotopic (exact) mass is 443 g/mol. The molecule has 0 bridgehead atoms. The molecule has 154 valence electrons. The first-order valence-corrected chi connectivity index (χ1v) is 10.0. The van der Waals surface area contributed by atoms with Crippen LogP contribution in [0.15, 0.2) is 24.4 Å². The van der Waals surface area contributed by atoms with Gasteiger partial charge in [-0.25, -0.2) is 9.97 Å². The van der Waals surface area contributed by atoms with Crippen molar-refractivity contribution in [1.29, 1.82) is 5.26 Å². The smallest absolute Gasteiger partial charge is 0.141 e. The van der Waals surface area contributed by atoms with Crippen LogP contribution in [0.5, 0.6) is 11.5 Å². The molecule has 0 spiro atoms. The predicted octanol–water partition coefficient (Wildman–Crippen LogP) is 4.55. The highest BCUT2D eigenvalue weighted by Crippen LogP contribution is 2.46. The largest absolute Gasteiger partial charge is 0.495 e. The molecule has 1 aliphatic heterocycles. The number of nitrogens with two attached hydrogens (primary N) is 1. The van der Waals surface area contributed by atoms with E-state index >= 15 is 0 Å². The Morgan fingerprint density at radius 1 is 1.17 bits per heavy atom. The first-order valence-electron chi connectivity index (χ1n) is 9.28. The standard InChI is InChI=1S/C21H19Cl2N5O2/c1-29-15-7-16(30-2)20(23)18(19(15)22)14-5-12-9-26-17(25)6-13(12)21(27-14)28-4-3-11(8-24)10-28/h5-7,9,11H,3-4,10H2,1-2H3,(H2,25,26). The highest BCUT2D eigenvalue weighted by atomic mass is 35.5. The van der Waals surface area contributed by atoms with Gasteiger partial charge in [0.25, 0.3) is 0 Å². The summed E-state index contributed by atoms with van der Waals surface area (Å²) in [6.45, 7) is 1.31.